The molecule has 0 spiro atoms. The van der Waals surface area contributed by atoms with E-state index < -0.39 is 11.6 Å². The van der Waals surface area contributed by atoms with E-state index in [-0.39, 0.29) is 11.9 Å². The maximum absolute atomic E-state index is 13.5. The number of benzene rings is 1. The van der Waals surface area contributed by atoms with Crippen LogP contribution in [-0.4, -0.2) is 46.4 Å². The Morgan fingerprint density at radius 1 is 1.04 bits per heavy atom. The van der Waals surface area contributed by atoms with E-state index in [0.29, 0.717) is 24.6 Å². The van der Waals surface area contributed by atoms with Crippen LogP contribution in [0, 0.1) is 17.6 Å². The molecule has 0 saturated carbocycles. The Morgan fingerprint density at radius 2 is 1.85 bits per heavy atom. The molecule has 6 heteroatoms. The van der Waals surface area contributed by atoms with Crippen molar-refractivity contribution in [1.29, 1.82) is 0 Å². The van der Waals surface area contributed by atoms with Crippen LogP contribution in [0.25, 0.3) is 0 Å². The number of fused-ring (bicyclic) bond motifs is 4. The number of hydrogen-bond acceptors (Lipinski definition) is 3. The average Bonchev–Trinajstić information content (AvgIpc) is 2.97. The second kappa shape index (κ2) is 7.11. The van der Waals surface area contributed by atoms with Crippen molar-refractivity contribution >= 4 is 5.91 Å². The molecule has 3 saturated heterocycles. The van der Waals surface area contributed by atoms with Gasteiger partial charge >= 0.3 is 0 Å². The summed E-state index contributed by atoms with van der Waals surface area (Å²) in [5.41, 5.74) is 1.43. The fraction of sp³-hybridized carbons (Fsp3) is 0.400. The molecule has 3 aliphatic rings. The zero-order chi connectivity index (χ0) is 18.1. The molecule has 1 aromatic carbocycles. The first-order valence-electron chi connectivity index (χ1n) is 8.97. The largest absolute Gasteiger partial charge is 0.337 e. The van der Waals surface area contributed by atoms with Crippen LogP contribution in [-0.2, 0) is 6.54 Å². The molecular weight excluding hydrogens is 336 g/mol. The Balaban J connectivity index is 1.49. The monoisotopic (exact) mass is 357 g/mol. The van der Waals surface area contributed by atoms with E-state index in [9.17, 15) is 13.6 Å². The van der Waals surface area contributed by atoms with Gasteiger partial charge in [-0.15, -0.1) is 0 Å². The molecule has 1 aromatic heterocycles. The van der Waals surface area contributed by atoms with Gasteiger partial charge in [0.05, 0.1) is 0 Å². The summed E-state index contributed by atoms with van der Waals surface area (Å²) in [4.78, 5) is 21.0. The molecule has 4 heterocycles. The lowest BCUT2D eigenvalue weighted by Crippen LogP contribution is -2.43. The third-order valence-electron chi connectivity index (χ3n) is 5.41. The highest BCUT2D eigenvalue weighted by molar-refractivity contribution is 5.94. The Morgan fingerprint density at radius 3 is 2.62 bits per heavy atom. The fourth-order valence-electron chi connectivity index (χ4n) is 4.09. The van der Waals surface area contributed by atoms with Crippen LogP contribution in [0.2, 0.25) is 0 Å². The molecule has 5 rings (SSSR count). The molecule has 0 N–H and O–H groups in total. The molecule has 3 fully saturated rings. The summed E-state index contributed by atoms with van der Waals surface area (Å²) in [5, 5.41) is 0. The third-order valence-corrected chi connectivity index (χ3v) is 5.41. The van der Waals surface area contributed by atoms with Gasteiger partial charge in [0.25, 0.3) is 5.91 Å². The molecule has 0 radical (unpaired) electrons. The van der Waals surface area contributed by atoms with Gasteiger partial charge in [-0.3, -0.25) is 14.7 Å². The highest BCUT2D eigenvalue weighted by atomic mass is 19.2. The average molecular weight is 357 g/mol. The van der Waals surface area contributed by atoms with Crippen molar-refractivity contribution in [1.82, 2.24) is 14.8 Å². The van der Waals surface area contributed by atoms with E-state index >= 15 is 0 Å². The van der Waals surface area contributed by atoms with Gasteiger partial charge in [-0.25, -0.2) is 8.78 Å². The van der Waals surface area contributed by atoms with E-state index in [0.717, 1.165) is 31.5 Å². The number of pyridine rings is 1. The number of carbonyl (C=O) groups is 1. The first-order valence-corrected chi connectivity index (χ1v) is 8.97. The minimum Gasteiger partial charge on any atom is -0.337 e. The smallest absolute Gasteiger partial charge is 0.254 e. The van der Waals surface area contributed by atoms with Crippen LogP contribution < -0.4 is 0 Å². The van der Waals surface area contributed by atoms with Gasteiger partial charge in [0.1, 0.15) is 0 Å². The van der Waals surface area contributed by atoms with Crippen LogP contribution in [0.3, 0.4) is 0 Å². The van der Waals surface area contributed by atoms with E-state index in [1.807, 2.05) is 4.90 Å². The van der Waals surface area contributed by atoms with Crippen LogP contribution in [0.5, 0.6) is 0 Å². The highest BCUT2D eigenvalue weighted by Gasteiger charge is 2.36. The predicted molar refractivity (Wildman–Crippen MR) is 93.4 cm³/mol. The van der Waals surface area contributed by atoms with Gasteiger partial charge < -0.3 is 4.90 Å². The molecule has 2 atom stereocenters. The first kappa shape index (κ1) is 17.1. The van der Waals surface area contributed by atoms with Crippen molar-refractivity contribution in [3.8, 4) is 0 Å². The summed E-state index contributed by atoms with van der Waals surface area (Å²) in [7, 11) is 0. The normalized spacial score (nSPS) is 23.1. The van der Waals surface area contributed by atoms with Gasteiger partial charge in [-0.1, -0.05) is 6.07 Å². The Bertz CT molecular complexity index is 799. The summed E-state index contributed by atoms with van der Waals surface area (Å²) in [6.07, 6.45) is 5.39. The van der Waals surface area contributed by atoms with Crippen LogP contribution in [0.4, 0.5) is 8.78 Å². The van der Waals surface area contributed by atoms with E-state index in [1.165, 1.54) is 12.1 Å². The Labute approximate surface area is 151 Å². The number of aromatic nitrogens is 1. The standard InChI is InChI=1S/C20H21F2N3O/c21-18-4-2-14(9-19(18)22)10-24-11-15-1-3-17(24)13-25(12-15)20(26)16-5-7-23-8-6-16/h2,4-9,15,17H,1,3,10-13H2/t15-,17-/m0/s1. The molecule has 0 unspecified atom stereocenters. The van der Waals surface area contributed by atoms with Crippen molar-refractivity contribution in [3.05, 3.63) is 65.5 Å². The lowest BCUT2D eigenvalue weighted by molar-refractivity contribution is 0.0736. The van der Waals surface area contributed by atoms with Crippen LogP contribution >= 0.6 is 0 Å². The van der Waals surface area contributed by atoms with E-state index in [4.69, 9.17) is 0 Å². The van der Waals surface area contributed by atoms with Crippen molar-refractivity contribution in [2.24, 2.45) is 5.92 Å². The molecule has 1 amide bonds. The van der Waals surface area contributed by atoms with Crippen molar-refractivity contribution in [2.75, 3.05) is 19.6 Å². The minimum absolute atomic E-state index is 0.0407. The Hall–Kier alpha value is -2.34. The van der Waals surface area contributed by atoms with Crippen molar-refractivity contribution in [3.63, 3.8) is 0 Å². The van der Waals surface area contributed by atoms with Gasteiger partial charge in [0.15, 0.2) is 11.6 Å². The topological polar surface area (TPSA) is 36.4 Å². The molecule has 26 heavy (non-hydrogen) atoms. The number of carbonyl (C=O) groups excluding carboxylic acids is 1. The maximum Gasteiger partial charge on any atom is 0.254 e. The fourth-order valence-corrected chi connectivity index (χ4v) is 4.09. The lowest BCUT2D eigenvalue weighted by atomic mass is 9.94. The molecule has 2 bridgehead atoms. The molecule has 136 valence electrons. The lowest BCUT2D eigenvalue weighted by Gasteiger charge is -2.36. The molecular formula is C20H21F2N3O. The van der Waals surface area contributed by atoms with Gasteiger partial charge in [0.2, 0.25) is 0 Å². The highest BCUT2D eigenvalue weighted by Crippen LogP contribution is 2.30. The number of halogens is 2. The maximum atomic E-state index is 13.5. The van der Waals surface area contributed by atoms with Crippen molar-refractivity contribution < 1.29 is 13.6 Å². The van der Waals surface area contributed by atoms with Crippen LogP contribution in [0.15, 0.2) is 42.7 Å². The first-order chi connectivity index (χ1) is 12.6. The predicted octanol–water partition coefficient (Wildman–Crippen LogP) is 3.10. The molecule has 4 nitrogen and oxygen atoms in total. The number of nitrogens with zero attached hydrogens (tertiary/aromatic N) is 3. The van der Waals surface area contributed by atoms with Gasteiger partial charge in [0, 0.05) is 50.2 Å². The molecule has 3 aliphatic heterocycles. The van der Waals surface area contributed by atoms with Gasteiger partial charge in [-0.2, -0.15) is 0 Å². The zero-order valence-electron chi connectivity index (χ0n) is 14.4. The van der Waals surface area contributed by atoms with Crippen molar-refractivity contribution in [2.45, 2.75) is 25.4 Å². The van der Waals surface area contributed by atoms with E-state index in [1.54, 1.807) is 30.6 Å². The number of rotatable bonds is 3. The second-order valence-electron chi connectivity index (χ2n) is 7.22. The quantitative estimate of drug-likeness (QED) is 0.847. The number of piperidine rings is 1. The third kappa shape index (κ3) is 3.46. The number of hydrogen-bond donors (Lipinski definition) is 0. The summed E-state index contributed by atoms with van der Waals surface area (Å²) < 4.78 is 26.7. The molecule has 0 aliphatic carbocycles. The van der Waals surface area contributed by atoms with Gasteiger partial charge in [-0.05, 0) is 48.6 Å². The summed E-state index contributed by atoms with van der Waals surface area (Å²) in [6, 6.07) is 7.82. The Kier molecular flexibility index (Phi) is 4.68. The summed E-state index contributed by atoms with van der Waals surface area (Å²) >= 11 is 0. The second-order valence-corrected chi connectivity index (χ2v) is 7.22. The number of amides is 1. The van der Waals surface area contributed by atoms with Crippen LogP contribution in [0.1, 0.15) is 28.8 Å². The zero-order valence-corrected chi connectivity index (χ0v) is 14.4. The summed E-state index contributed by atoms with van der Waals surface area (Å²) in [5.74, 6) is -1.18. The molecule has 2 aromatic rings. The van der Waals surface area contributed by atoms with E-state index in [2.05, 4.69) is 9.88 Å². The summed E-state index contributed by atoms with van der Waals surface area (Å²) in [6.45, 7) is 2.87. The minimum atomic E-state index is -0.819. The SMILES string of the molecule is O=C(c1ccncc1)N1C[C@H]2CC[C@@H](C1)N(Cc1ccc(F)c(F)c1)C2.